The summed E-state index contributed by atoms with van der Waals surface area (Å²) in [6.45, 7) is 0.577. The van der Waals surface area contributed by atoms with Crippen LogP contribution < -0.4 is 5.32 Å². The van der Waals surface area contributed by atoms with Crippen LogP contribution in [0.5, 0.6) is 0 Å². The minimum atomic E-state index is -0.0759. The van der Waals surface area contributed by atoms with E-state index in [0.717, 1.165) is 6.42 Å². The maximum Gasteiger partial charge on any atom is 0.251 e. The van der Waals surface area contributed by atoms with E-state index >= 15 is 0 Å². The molecule has 0 aliphatic heterocycles. The quantitative estimate of drug-likeness (QED) is 0.759. The molecule has 0 radical (unpaired) electrons. The molecule has 1 aromatic carbocycles. The fraction of sp³-hybridized carbons (Fsp3) is 0.150. The molecular formula is C20H19N3O. The van der Waals surface area contributed by atoms with Gasteiger partial charge in [0.1, 0.15) is 0 Å². The van der Waals surface area contributed by atoms with Crippen LogP contribution in [0.3, 0.4) is 0 Å². The SMILES string of the molecule is O=C(NCC(Cc1ccncc1)c1ccccc1)c1ccncc1. The maximum atomic E-state index is 12.3. The molecule has 0 aliphatic rings. The Bertz CT molecular complexity index is 761. The summed E-state index contributed by atoms with van der Waals surface area (Å²) >= 11 is 0. The second kappa shape index (κ2) is 8.02. The first-order chi connectivity index (χ1) is 11.8. The number of nitrogens with zero attached hydrogens (tertiary/aromatic N) is 2. The fourth-order valence-corrected chi connectivity index (χ4v) is 2.66. The Morgan fingerprint density at radius 1 is 0.875 bits per heavy atom. The van der Waals surface area contributed by atoms with Crippen molar-refractivity contribution in [3.05, 3.63) is 96.1 Å². The molecule has 0 bridgehead atoms. The molecule has 1 unspecified atom stereocenters. The number of benzene rings is 1. The molecule has 1 amide bonds. The molecule has 3 aromatic rings. The molecule has 1 atom stereocenters. The Hall–Kier alpha value is -3.01. The van der Waals surface area contributed by atoms with Crippen molar-refractivity contribution < 1.29 is 4.79 Å². The molecule has 0 spiro atoms. The number of pyridine rings is 2. The van der Waals surface area contributed by atoms with Gasteiger partial charge in [-0.3, -0.25) is 14.8 Å². The van der Waals surface area contributed by atoms with Crippen LogP contribution in [0.15, 0.2) is 79.4 Å². The summed E-state index contributed by atoms with van der Waals surface area (Å²) in [5.41, 5.74) is 3.04. The van der Waals surface area contributed by atoms with Crippen LogP contribution in [0, 0.1) is 0 Å². The zero-order valence-corrected chi connectivity index (χ0v) is 13.3. The molecule has 120 valence electrons. The van der Waals surface area contributed by atoms with Gasteiger partial charge in [0.2, 0.25) is 0 Å². The molecule has 24 heavy (non-hydrogen) atoms. The molecule has 0 saturated heterocycles. The number of aromatic nitrogens is 2. The molecule has 0 saturated carbocycles. The highest BCUT2D eigenvalue weighted by molar-refractivity contribution is 5.93. The fourth-order valence-electron chi connectivity index (χ4n) is 2.66. The number of rotatable bonds is 6. The molecule has 0 fully saturated rings. The second-order valence-corrected chi connectivity index (χ2v) is 5.61. The predicted octanol–water partition coefficient (Wildman–Crippen LogP) is 3.23. The molecular weight excluding hydrogens is 298 g/mol. The average Bonchev–Trinajstić information content (AvgIpc) is 2.67. The molecule has 2 heterocycles. The lowest BCUT2D eigenvalue weighted by Crippen LogP contribution is -2.29. The van der Waals surface area contributed by atoms with Gasteiger partial charge in [0.05, 0.1) is 0 Å². The first kappa shape index (κ1) is 15.9. The largest absolute Gasteiger partial charge is 0.351 e. The van der Waals surface area contributed by atoms with E-state index in [2.05, 4.69) is 27.4 Å². The highest BCUT2D eigenvalue weighted by Gasteiger charge is 2.14. The van der Waals surface area contributed by atoms with Crippen LogP contribution in [0.25, 0.3) is 0 Å². The minimum absolute atomic E-state index is 0.0759. The highest BCUT2D eigenvalue weighted by Crippen LogP contribution is 2.20. The van der Waals surface area contributed by atoms with Crippen LogP contribution >= 0.6 is 0 Å². The van der Waals surface area contributed by atoms with Crippen LogP contribution in [0.1, 0.15) is 27.4 Å². The third-order valence-corrected chi connectivity index (χ3v) is 3.95. The summed E-state index contributed by atoms with van der Waals surface area (Å²) in [4.78, 5) is 20.3. The number of carbonyl (C=O) groups excluding carboxylic acids is 1. The van der Waals surface area contributed by atoms with E-state index in [1.54, 1.807) is 36.9 Å². The van der Waals surface area contributed by atoms with Gasteiger partial charge in [0.25, 0.3) is 5.91 Å². The smallest absolute Gasteiger partial charge is 0.251 e. The first-order valence-electron chi connectivity index (χ1n) is 7.95. The number of carbonyl (C=O) groups is 1. The number of hydrogen-bond acceptors (Lipinski definition) is 3. The molecule has 1 N–H and O–H groups in total. The monoisotopic (exact) mass is 317 g/mol. The highest BCUT2D eigenvalue weighted by atomic mass is 16.1. The number of amides is 1. The van der Waals surface area contributed by atoms with E-state index in [1.807, 2.05) is 30.3 Å². The van der Waals surface area contributed by atoms with Crippen molar-refractivity contribution in [2.45, 2.75) is 12.3 Å². The Balaban J connectivity index is 1.72. The average molecular weight is 317 g/mol. The lowest BCUT2D eigenvalue weighted by atomic mass is 9.92. The predicted molar refractivity (Wildman–Crippen MR) is 93.7 cm³/mol. The van der Waals surface area contributed by atoms with E-state index in [-0.39, 0.29) is 11.8 Å². The van der Waals surface area contributed by atoms with Crippen molar-refractivity contribution in [2.75, 3.05) is 6.54 Å². The third kappa shape index (κ3) is 4.26. The number of nitrogens with one attached hydrogen (secondary N) is 1. The van der Waals surface area contributed by atoms with Crippen LogP contribution in [0.4, 0.5) is 0 Å². The summed E-state index contributed by atoms with van der Waals surface area (Å²) in [6, 6.07) is 17.7. The zero-order chi connectivity index (χ0) is 16.6. The topological polar surface area (TPSA) is 54.9 Å². The van der Waals surface area contributed by atoms with E-state index < -0.39 is 0 Å². The summed E-state index contributed by atoms with van der Waals surface area (Å²) < 4.78 is 0. The molecule has 0 aliphatic carbocycles. The molecule has 2 aromatic heterocycles. The van der Waals surface area contributed by atoms with E-state index in [0.29, 0.717) is 12.1 Å². The minimum Gasteiger partial charge on any atom is -0.351 e. The Labute approximate surface area is 141 Å². The van der Waals surface area contributed by atoms with Gasteiger partial charge in [-0.2, -0.15) is 0 Å². The van der Waals surface area contributed by atoms with E-state index in [4.69, 9.17) is 0 Å². The van der Waals surface area contributed by atoms with E-state index in [9.17, 15) is 4.79 Å². The second-order valence-electron chi connectivity index (χ2n) is 5.61. The summed E-state index contributed by atoms with van der Waals surface area (Å²) in [5.74, 6) is 0.132. The lowest BCUT2D eigenvalue weighted by Gasteiger charge is -2.18. The van der Waals surface area contributed by atoms with Crippen molar-refractivity contribution in [1.82, 2.24) is 15.3 Å². The number of hydrogen-bond donors (Lipinski definition) is 1. The van der Waals surface area contributed by atoms with Gasteiger partial charge in [-0.15, -0.1) is 0 Å². The van der Waals surface area contributed by atoms with Crippen LogP contribution in [-0.4, -0.2) is 22.4 Å². The maximum absolute atomic E-state index is 12.3. The van der Waals surface area contributed by atoms with Gasteiger partial charge in [-0.05, 0) is 41.8 Å². The normalized spacial score (nSPS) is 11.7. The van der Waals surface area contributed by atoms with Crippen molar-refractivity contribution in [3.63, 3.8) is 0 Å². The van der Waals surface area contributed by atoms with Crippen LogP contribution in [-0.2, 0) is 6.42 Å². The standard InChI is InChI=1S/C20H19N3O/c24-20(18-8-12-22-13-9-18)23-15-19(17-4-2-1-3-5-17)14-16-6-10-21-11-7-16/h1-13,19H,14-15H2,(H,23,24). The third-order valence-electron chi connectivity index (χ3n) is 3.95. The summed E-state index contributed by atoms with van der Waals surface area (Å²) in [5, 5.41) is 3.04. The lowest BCUT2D eigenvalue weighted by molar-refractivity contribution is 0.0951. The first-order valence-corrected chi connectivity index (χ1v) is 7.95. The molecule has 3 rings (SSSR count). The van der Waals surface area contributed by atoms with Crippen molar-refractivity contribution in [3.8, 4) is 0 Å². The van der Waals surface area contributed by atoms with Crippen molar-refractivity contribution in [2.24, 2.45) is 0 Å². The Morgan fingerprint density at radius 3 is 2.17 bits per heavy atom. The molecule has 4 nitrogen and oxygen atoms in total. The van der Waals surface area contributed by atoms with Gasteiger partial charge in [0.15, 0.2) is 0 Å². The van der Waals surface area contributed by atoms with Gasteiger partial charge in [-0.1, -0.05) is 30.3 Å². The van der Waals surface area contributed by atoms with E-state index in [1.165, 1.54) is 11.1 Å². The summed E-state index contributed by atoms with van der Waals surface area (Å²) in [7, 11) is 0. The van der Waals surface area contributed by atoms with Crippen molar-refractivity contribution in [1.29, 1.82) is 0 Å². The van der Waals surface area contributed by atoms with Gasteiger partial charge >= 0.3 is 0 Å². The Kier molecular flexibility index (Phi) is 5.30. The Morgan fingerprint density at radius 2 is 1.50 bits per heavy atom. The van der Waals surface area contributed by atoms with Gasteiger partial charge in [0, 0.05) is 42.8 Å². The molecule has 4 heteroatoms. The van der Waals surface area contributed by atoms with Crippen LogP contribution in [0.2, 0.25) is 0 Å². The zero-order valence-electron chi connectivity index (χ0n) is 13.3. The summed E-state index contributed by atoms with van der Waals surface area (Å²) in [6.07, 6.45) is 7.70. The van der Waals surface area contributed by atoms with Gasteiger partial charge in [-0.25, -0.2) is 0 Å². The van der Waals surface area contributed by atoms with Crippen molar-refractivity contribution >= 4 is 5.91 Å². The van der Waals surface area contributed by atoms with Gasteiger partial charge < -0.3 is 5.32 Å².